The van der Waals surface area contributed by atoms with E-state index in [9.17, 15) is 44.4 Å². The molecule has 0 saturated carbocycles. The largest absolute Gasteiger partial charge is 0.481 e. The third-order valence-electron chi connectivity index (χ3n) is 7.84. The molecule has 0 heterocycles. The van der Waals surface area contributed by atoms with Crippen molar-refractivity contribution < 1.29 is 54.3 Å². The highest BCUT2D eigenvalue weighted by molar-refractivity contribution is 7.90. The first-order chi connectivity index (χ1) is 24.4. The van der Waals surface area contributed by atoms with Crippen LogP contribution in [0.25, 0.3) is 32.3 Å². The monoisotopic (exact) mass is 778 g/mol. The van der Waals surface area contributed by atoms with Crippen molar-refractivity contribution in [2.45, 2.75) is 60.6 Å². The Morgan fingerprint density at radius 3 is 1.65 bits per heavy atom. The van der Waals surface area contributed by atoms with E-state index < -0.39 is 57.7 Å². The standard InChI is InChI=1S/C33H38N4O12S3/c1-20(2)33(42)34-13-7-16-37-50(43,44)27-18-26(49-21(3)39)22-9-10-24-28(52(47,48)36-15-6-8-30(40)41)19-29(51(45,46)35-14-4-5-17-38)25-12-11-23(27)31(22)32(24)25/h9-12,17-19,35-37H,1,4-8,13-16H2,2-3H3,(H,34,42)(H,40,41). The van der Waals surface area contributed by atoms with Gasteiger partial charge in [0.1, 0.15) is 12.0 Å². The van der Waals surface area contributed by atoms with E-state index >= 15 is 0 Å². The smallest absolute Gasteiger partial charge is 0.308 e. The summed E-state index contributed by atoms with van der Waals surface area (Å²) in [5.41, 5.74) is 0.279. The molecule has 4 aromatic rings. The van der Waals surface area contributed by atoms with E-state index in [-0.39, 0.29) is 107 Å². The lowest BCUT2D eigenvalue weighted by molar-refractivity contribution is -0.137. The molecule has 16 nitrogen and oxygen atoms in total. The van der Waals surface area contributed by atoms with Gasteiger partial charge in [-0.05, 0) is 38.3 Å². The van der Waals surface area contributed by atoms with Crippen LogP contribution >= 0.6 is 0 Å². The third kappa shape index (κ3) is 9.09. The molecular weight excluding hydrogens is 741 g/mol. The van der Waals surface area contributed by atoms with Gasteiger partial charge < -0.3 is 20.0 Å². The molecule has 0 spiro atoms. The molecule has 0 saturated heterocycles. The van der Waals surface area contributed by atoms with E-state index in [1.165, 1.54) is 31.2 Å². The second-order valence-corrected chi connectivity index (χ2v) is 17.0. The number of carbonyl (C=O) groups excluding carboxylic acids is 3. The lowest BCUT2D eigenvalue weighted by Gasteiger charge is -2.20. The zero-order valence-electron chi connectivity index (χ0n) is 28.3. The van der Waals surface area contributed by atoms with Crippen molar-refractivity contribution in [1.82, 2.24) is 19.5 Å². The van der Waals surface area contributed by atoms with Gasteiger partial charge in [0.05, 0.1) is 14.7 Å². The lowest BCUT2D eigenvalue weighted by atomic mass is 9.93. The van der Waals surface area contributed by atoms with Crippen molar-refractivity contribution in [3.63, 3.8) is 0 Å². The van der Waals surface area contributed by atoms with Crippen LogP contribution in [-0.4, -0.2) is 80.7 Å². The molecule has 0 atom stereocenters. The molecule has 19 heteroatoms. The van der Waals surface area contributed by atoms with Crippen LogP contribution in [0.5, 0.6) is 5.75 Å². The van der Waals surface area contributed by atoms with Gasteiger partial charge in [0.25, 0.3) is 0 Å². The molecule has 5 N–H and O–H groups in total. The number of hydrogen-bond donors (Lipinski definition) is 5. The molecule has 0 bridgehead atoms. The van der Waals surface area contributed by atoms with Crippen molar-refractivity contribution in [3.8, 4) is 5.75 Å². The Kier molecular flexibility index (Phi) is 12.7. The fraction of sp³-hybridized carbons (Fsp3) is 0.333. The Morgan fingerprint density at radius 1 is 0.712 bits per heavy atom. The number of carboxylic acid groups (broad SMARTS) is 1. The van der Waals surface area contributed by atoms with Crippen LogP contribution in [0.4, 0.5) is 0 Å². The summed E-state index contributed by atoms with van der Waals surface area (Å²) in [7, 11) is -13.4. The molecule has 0 aromatic heterocycles. The molecule has 0 radical (unpaired) electrons. The van der Waals surface area contributed by atoms with E-state index in [0.717, 1.165) is 19.1 Å². The van der Waals surface area contributed by atoms with E-state index in [4.69, 9.17) is 9.84 Å². The molecule has 4 aromatic carbocycles. The highest BCUT2D eigenvalue weighted by Crippen LogP contribution is 2.45. The Labute approximate surface area is 300 Å². The molecule has 0 aliphatic carbocycles. The van der Waals surface area contributed by atoms with Gasteiger partial charge in [-0.2, -0.15) is 0 Å². The zero-order valence-corrected chi connectivity index (χ0v) is 30.7. The topological polar surface area (TPSA) is 248 Å². The number of sulfonamides is 3. The number of carbonyl (C=O) groups is 4. The van der Waals surface area contributed by atoms with Crippen molar-refractivity contribution in [3.05, 3.63) is 48.6 Å². The first-order valence-corrected chi connectivity index (χ1v) is 20.4. The summed E-state index contributed by atoms with van der Waals surface area (Å²) in [6, 6.07) is 7.62. The van der Waals surface area contributed by atoms with Crippen molar-refractivity contribution in [2.75, 3.05) is 26.2 Å². The molecular formula is C33H38N4O12S3. The minimum absolute atomic E-state index is 0.00303. The predicted molar refractivity (Wildman–Crippen MR) is 192 cm³/mol. The normalized spacial score (nSPS) is 12.3. The van der Waals surface area contributed by atoms with Gasteiger partial charge in [0, 0.05) is 89.9 Å². The molecule has 0 aliphatic rings. The number of amides is 1. The van der Waals surface area contributed by atoms with Crippen molar-refractivity contribution >= 4 is 86.5 Å². The minimum atomic E-state index is -4.52. The van der Waals surface area contributed by atoms with Crippen LogP contribution in [0.1, 0.15) is 46.0 Å². The lowest BCUT2D eigenvalue weighted by Crippen LogP contribution is -2.30. The maximum Gasteiger partial charge on any atom is 0.308 e. The average Bonchev–Trinajstić information content (AvgIpc) is 3.06. The van der Waals surface area contributed by atoms with Crippen molar-refractivity contribution in [2.24, 2.45) is 0 Å². The summed E-state index contributed by atoms with van der Waals surface area (Å²) in [5, 5.41) is 12.0. The summed E-state index contributed by atoms with van der Waals surface area (Å²) < 4.78 is 95.3. The molecule has 0 fully saturated rings. The summed E-state index contributed by atoms with van der Waals surface area (Å²) in [6.07, 6.45) is 0.638. The van der Waals surface area contributed by atoms with Crippen LogP contribution in [0, 0.1) is 0 Å². The summed E-state index contributed by atoms with van der Waals surface area (Å²) in [4.78, 5) is 44.5. The second-order valence-electron chi connectivity index (χ2n) is 11.8. The third-order valence-corrected chi connectivity index (χ3v) is 12.3. The Hall–Kier alpha value is -4.53. The van der Waals surface area contributed by atoms with Gasteiger partial charge in [-0.1, -0.05) is 24.8 Å². The number of ether oxygens (including phenoxy) is 1. The molecule has 1 amide bonds. The van der Waals surface area contributed by atoms with Gasteiger partial charge in [0.15, 0.2) is 0 Å². The maximum absolute atomic E-state index is 13.8. The SMILES string of the molecule is C=C(C)C(=O)NCCCNS(=O)(=O)c1cc(OC(C)=O)c2ccc3c(S(=O)(=O)NCCCC(=O)O)cc(S(=O)(=O)NCCCC=O)c4ccc1c2c43. The number of rotatable bonds is 20. The highest BCUT2D eigenvalue weighted by atomic mass is 32.2. The highest BCUT2D eigenvalue weighted by Gasteiger charge is 2.30. The van der Waals surface area contributed by atoms with Gasteiger partial charge in [0.2, 0.25) is 36.0 Å². The van der Waals surface area contributed by atoms with Gasteiger partial charge in [-0.25, -0.2) is 39.4 Å². The fourth-order valence-electron chi connectivity index (χ4n) is 5.49. The molecule has 0 aliphatic heterocycles. The number of esters is 1. The predicted octanol–water partition coefficient (Wildman–Crippen LogP) is 2.27. The van der Waals surface area contributed by atoms with Gasteiger partial charge >= 0.3 is 11.9 Å². The first kappa shape index (κ1) is 40.2. The zero-order chi connectivity index (χ0) is 38.4. The van der Waals surface area contributed by atoms with Crippen LogP contribution in [0.2, 0.25) is 0 Å². The summed E-state index contributed by atoms with van der Waals surface area (Å²) in [6.45, 7) is 5.75. The number of unbranched alkanes of at least 4 members (excludes halogenated alkanes) is 1. The summed E-state index contributed by atoms with van der Waals surface area (Å²) in [5.74, 6) is -2.53. The maximum atomic E-state index is 13.8. The van der Waals surface area contributed by atoms with Crippen LogP contribution in [-0.2, 0) is 49.2 Å². The quantitative estimate of drug-likeness (QED) is 0.0217. The summed E-state index contributed by atoms with van der Waals surface area (Å²) >= 11 is 0. The minimum Gasteiger partial charge on any atom is -0.481 e. The van der Waals surface area contributed by atoms with Crippen LogP contribution in [0.15, 0.2) is 63.2 Å². The first-order valence-electron chi connectivity index (χ1n) is 16.0. The Bertz CT molecular complexity index is 2390. The fourth-order valence-corrected chi connectivity index (χ4v) is 9.46. The van der Waals surface area contributed by atoms with E-state index in [1.807, 2.05) is 0 Å². The van der Waals surface area contributed by atoms with Gasteiger partial charge in [-0.15, -0.1) is 0 Å². The number of nitrogens with one attached hydrogen (secondary N) is 4. The molecule has 280 valence electrons. The Balaban J connectivity index is 1.98. The Morgan fingerprint density at radius 2 is 1.17 bits per heavy atom. The van der Waals surface area contributed by atoms with Gasteiger partial charge in [-0.3, -0.25) is 14.4 Å². The van der Waals surface area contributed by atoms with E-state index in [2.05, 4.69) is 26.1 Å². The van der Waals surface area contributed by atoms with Crippen molar-refractivity contribution in [1.29, 1.82) is 0 Å². The molecule has 0 unspecified atom stereocenters. The number of aliphatic carboxylic acids is 1. The second kappa shape index (κ2) is 16.4. The molecule has 4 rings (SSSR count). The van der Waals surface area contributed by atoms with E-state index in [1.54, 1.807) is 0 Å². The molecule has 52 heavy (non-hydrogen) atoms. The average molecular weight is 779 g/mol. The number of aldehydes is 1. The van der Waals surface area contributed by atoms with E-state index in [0.29, 0.717) is 6.29 Å². The number of carboxylic acids is 1. The number of hydrogen-bond acceptors (Lipinski definition) is 11. The number of benzene rings is 4. The van der Waals surface area contributed by atoms with Crippen LogP contribution < -0.4 is 24.2 Å². The van der Waals surface area contributed by atoms with Crippen LogP contribution in [0.3, 0.4) is 0 Å².